The van der Waals surface area contributed by atoms with E-state index in [4.69, 9.17) is 5.11 Å². The minimum atomic E-state index is -4.35. The van der Waals surface area contributed by atoms with Crippen LogP contribution in [0.2, 0.25) is 0 Å². The van der Waals surface area contributed by atoms with Gasteiger partial charge in [-0.15, -0.1) is 0 Å². The second-order valence-corrected chi connectivity index (χ2v) is 3.02. The third-order valence-corrected chi connectivity index (χ3v) is 2.12. The van der Waals surface area contributed by atoms with Crippen LogP contribution in [0.5, 0.6) is 0 Å². The molecule has 5 heteroatoms. The molecule has 1 aliphatic carbocycles. The number of carbonyl (C=O) groups is 1. The van der Waals surface area contributed by atoms with Gasteiger partial charge in [0.2, 0.25) is 0 Å². The third-order valence-electron chi connectivity index (χ3n) is 2.12. The molecule has 1 N–H and O–H groups in total. The molecule has 0 bridgehead atoms. The number of alkyl halides is 3. The van der Waals surface area contributed by atoms with Gasteiger partial charge in [-0.25, -0.2) is 0 Å². The normalized spacial score (nSPS) is 36.9. The first kappa shape index (κ1) is 8.36. The monoisotopic (exact) mass is 168 g/mol. The van der Waals surface area contributed by atoms with Crippen molar-refractivity contribution in [3.8, 4) is 0 Å². The fraction of sp³-hybridized carbons (Fsp3) is 0.833. The van der Waals surface area contributed by atoms with Crippen LogP contribution in [0.1, 0.15) is 13.3 Å². The minimum absolute atomic E-state index is 0.286. The molecule has 0 heterocycles. The van der Waals surface area contributed by atoms with Gasteiger partial charge in [-0.2, -0.15) is 13.2 Å². The lowest BCUT2D eigenvalue weighted by atomic mass is 10.1. The van der Waals surface area contributed by atoms with Gasteiger partial charge in [0, 0.05) is 0 Å². The number of halogens is 3. The number of carboxylic acid groups (broad SMARTS) is 1. The van der Waals surface area contributed by atoms with Gasteiger partial charge in [-0.05, 0) is 13.3 Å². The standard InChI is InChI=1S/C6H7F3O2/c1-5(4(10)11)2-3(5)6(7,8)9/h3H,2H2,1H3,(H,10,11)/t3-,5+/m0/s1. The van der Waals surface area contributed by atoms with Crippen molar-refractivity contribution in [3.05, 3.63) is 0 Å². The summed E-state index contributed by atoms with van der Waals surface area (Å²) in [6.45, 7) is 1.12. The predicted octanol–water partition coefficient (Wildman–Crippen LogP) is 1.66. The smallest absolute Gasteiger partial charge is 0.392 e. The Morgan fingerprint density at radius 3 is 2.18 bits per heavy atom. The van der Waals surface area contributed by atoms with Crippen LogP contribution in [-0.4, -0.2) is 17.3 Å². The zero-order valence-corrected chi connectivity index (χ0v) is 5.77. The molecule has 11 heavy (non-hydrogen) atoms. The first-order chi connectivity index (χ1) is 4.78. The Bertz CT molecular complexity index is 198. The van der Waals surface area contributed by atoms with Gasteiger partial charge >= 0.3 is 12.1 Å². The van der Waals surface area contributed by atoms with E-state index in [1.807, 2.05) is 0 Å². The second kappa shape index (κ2) is 1.89. The number of rotatable bonds is 1. The van der Waals surface area contributed by atoms with Crippen LogP contribution in [0.25, 0.3) is 0 Å². The molecule has 0 aliphatic heterocycles. The summed E-state index contributed by atoms with van der Waals surface area (Å²) in [4.78, 5) is 10.2. The Morgan fingerprint density at radius 1 is 1.64 bits per heavy atom. The maximum atomic E-state index is 11.8. The first-order valence-corrected chi connectivity index (χ1v) is 3.08. The van der Waals surface area contributed by atoms with Gasteiger partial charge < -0.3 is 5.11 Å². The van der Waals surface area contributed by atoms with Gasteiger partial charge in [-0.1, -0.05) is 0 Å². The van der Waals surface area contributed by atoms with Crippen LogP contribution in [0.4, 0.5) is 13.2 Å². The molecule has 1 saturated carbocycles. The van der Waals surface area contributed by atoms with Crippen molar-refractivity contribution >= 4 is 5.97 Å². The Balaban J connectivity index is 2.68. The van der Waals surface area contributed by atoms with Crippen molar-refractivity contribution in [1.29, 1.82) is 0 Å². The number of carboxylic acids is 1. The molecule has 0 aromatic rings. The van der Waals surface area contributed by atoms with Crippen molar-refractivity contribution < 1.29 is 23.1 Å². The molecule has 0 saturated heterocycles. The van der Waals surface area contributed by atoms with Crippen LogP contribution in [0.3, 0.4) is 0 Å². The van der Waals surface area contributed by atoms with Gasteiger partial charge in [0.25, 0.3) is 0 Å². The summed E-state index contributed by atoms with van der Waals surface area (Å²) in [5.41, 5.74) is -1.56. The SMILES string of the molecule is C[C@@]1(C(=O)O)C[C@@H]1C(F)(F)F. The molecule has 0 amide bonds. The van der Waals surface area contributed by atoms with Gasteiger partial charge in [-0.3, -0.25) is 4.79 Å². The Morgan fingerprint density at radius 2 is 2.09 bits per heavy atom. The van der Waals surface area contributed by atoms with Crippen molar-refractivity contribution in [3.63, 3.8) is 0 Å². The summed E-state index contributed by atoms with van der Waals surface area (Å²) in [5, 5.41) is 8.35. The number of aliphatic carboxylic acids is 1. The molecule has 1 rings (SSSR count). The van der Waals surface area contributed by atoms with Crippen molar-refractivity contribution in [2.75, 3.05) is 0 Å². The molecule has 0 radical (unpaired) electrons. The zero-order chi connectivity index (χ0) is 8.86. The molecule has 0 spiro atoms. The van der Waals surface area contributed by atoms with E-state index in [0.717, 1.165) is 6.92 Å². The third kappa shape index (κ3) is 1.19. The van der Waals surface area contributed by atoms with E-state index in [1.165, 1.54) is 0 Å². The Kier molecular flexibility index (Phi) is 1.44. The molecule has 0 unspecified atom stereocenters. The average molecular weight is 168 g/mol. The summed E-state index contributed by atoms with van der Waals surface area (Å²) in [6.07, 6.45) is -4.64. The van der Waals surface area contributed by atoms with E-state index < -0.39 is 23.5 Å². The van der Waals surface area contributed by atoms with E-state index in [1.54, 1.807) is 0 Å². The highest BCUT2D eigenvalue weighted by Crippen LogP contribution is 2.60. The zero-order valence-electron chi connectivity index (χ0n) is 5.77. The molecular formula is C6H7F3O2. The van der Waals surface area contributed by atoms with Crippen LogP contribution in [0, 0.1) is 11.3 Å². The lowest BCUT2D eigenvalue weighted by Gasteiger charge is -2.07. The van der Waals surface area contributed by atoms with E-state index in [0.29, 0.717) is 0 Å². The molecule has 64 valence electrons. The lowest BCUT2D eigenvalue weighted by molar-refractivity contribution is -0.167. The predicted molar refractivity (Wildman–Crippen MR) is 29.9 cm³/mol. The molecule has 2 atom stereocenters. The highest BCUT2D eigenvalue weighted by Gasteiger charge is 2.68. The van der Waals surface area contributed by atoms with Crippen LogP contribution in [0.15, 0.2) is 0 Å². The maximum absolute atomic E-state index is 11.8. The van der Waals surface area contributed by atoms with Crippen molar-refractivity contribution in [2.45, 2.75) is 19.5 Å². The Hall–Kier alpha value is -0.740. The van der Waals surface area contributed by atoms with Crippen molar-refractivity contribution in [1.82, 2.24) is 0 Å². The van der Waals surface area contributed by atoms with E-state index >= 15 is 0 Å². The molecule has 0 aromatic heterocycles. The summed E-state index contributed by atoms with van der Waals surface area (Å²) >= 11 is 0. The lowest BCUT2D eigenvalue weighted by Crippen LogP contribution is -2.21. The molecule has 1 aliphatic rings. The molecule has 0 aromatic carbocycles. The second-order valence-electron chi connectivity index (χ2n) is 3.02. The van der Waals surface area contributed by atoms with E-state index in [-0.39, 0.29) is 6.42 Å². The maximum Gasteiger partial charge on any atom is 0.392 e. The summed E-state index contributed by atoms with van der Waals surface area (Å²) in [6, 6.07) is 0. The fourth-order valence-electron chi connectivity index (χ4n) is 1.08. The van der Waals surface area contributed by atoms with Gasteiger partial charge in [0.15, 0.2) is 0 Å². The number of hydrogen-bond acceptors (Lipinski definition) is 1. The van der Waals surface area contributed by atoms with Crippen LogP contribution < -0.4 is 0 Å². The van der Waals surface area contributed by atoms with E-state index in [9.17, 15) is 18.0 Å². The average Bonchev–Trinajstić information content (AvgIpc) is 2.41. The molecular weight excluding hydrogens is 161 g/mol. The fourth-order valence-corrected chi connectivity index (χ4v) is 1.08. The summed E-state index contributed by atoms with van der Waals surface area (Å²) < 4.78 is 35.5. The molecule has 2 nitrogen and oxygen atoms in total. The van der Waals surface area contributed by atoms with Crippen LogP contribution >= 0.6 is 0 Å². The van der Waals surface area contributed by atoms with Crippen molar-refractivity contribution in [2.24, 2.45) is 11.3 Å². The highest BCUT2D eigenvalue weighted by molar-refractivity contribution is 5.78. The van der Waals surface area contributed by atoms with Gasteiger partial charge in [0.1, 0.15) is 0 Å². The largest absolute Gasteiger partial charge is 0.481 e. The summed E-state index contributed by atoms with van der Waals surface area (Å²) in [5.74, 6) is -3.01. The highest BCUT2D eigenvalue weighted by atomic mass is 19.4. The van der Waals surface area contributed by atoms with Gasteiger partial charge in [0.05, 0.1) is 11.3 Å². The Labute approximate surface area is 61.0 Å². The van der Waals surface area contributed by atoms with Crippen LogP contribution in [-0.2, 0) is 4.79 Å². The first-order valence-electron chi connectivity index (χ1n) is 3.08. The minimum Gasteiger partial charge on any atom is -0.481 e. The molecule has 1 fully saturated rings. The topological polar surface area (TPSA) is 37.3 Å². The quantitative estimate of drug-likeness (QED) is 0.646. The summed E-state index contributed by atoms with van der Waals surface area (Å²) in [7, 11) is 0. The number of hydrogen-bond donors (Lipinski definition) is 1. The van der Waals surface area contributed by atoms with E-state index in [2.05, 4.69) is 0 Å².